The van der Waals surface area contributed by atoms with Crippen molar-refractivity contribution >= 4 is 35.0 Å². The summed E-state index contributed by atoms with van der Waals surface area (Å²) in [5.41, 5.74) is 1.87. The lowest BCUT2D eigenvalue weighted by molar-refractivity contribution is -0.138. The van der Waals surface area contributed by atoms with E-state index in [1.165, 1.54) is 34.4 Å². The molecule has 2 aliphatic rings. The molecule has 2 fully saturated rings. The van der Waals surface area contributed by atoms with Gasteiger partial charge in [-0.15, -0.1) is 11.3 Å². The molecule has 0 bridgehead atoms. The van der Waals surface area contributed by atoms with Gasteiger partial charge in [-0.2, -0.15) is 0 Å². The summed E-state index contributed by atoms with van der Waals surface area (Å²) in [6.07, 6.45) is -2.44. The molecule has 1 unspecified atom stereocenters. The number of β-amino-alcohol motifs (C(OH)–C–C–N with tert-alkyl or cyclic N) is 1. The largest absolute Gasteiger partial charge is 0.508 e. The SMILES string of the molecule is Cc1ncsc1-c1ccc([C@H](CC(=O)NCCNC(=O)c2ccc(CO)c(O)c2)NC(=O)[C@@H]2C[C@@H](O)CN2C(O)[C@@H](NC(=O)C2(F)CC2)C(C)(C)C)cc1. The Morgan fingerprint density at radius 1 is 1.06 bits per heavy atom. The first-order chi connectivity index (χ1) is 25.5. The fourth-order valence-electron chi connectivity index (χ4n) is 6.47. The number of halogens is 1. The second-order valence-corrected chi connectivity index (χ2v) is 15.9. The van der Waals surface area contributed by atoms with E-state index in [-0.39, 0.29) is 68.8 Å². The number of phenols is 1. The monoisotopic (exact) mass is 768 g/mol. The number of amides is 4. The molecule has 292 valence electrons. The van der Waals surface area contributed by atoms with Gasteiger partial charge in [-0.05, 0) is 54.9 Å². The van der Waals surface area contributed by atoms with E-state index >= 15 is 0 Å². The second kappa shape index (κ2) is 16.9. The topological polar surface area (TPSA) is 213 Å². The zero-order valence-corrected chi connectivity index (χ0v) is 31.6. The molecule has 54 heavy (non-hydrogen) atoms. The molecule has 2 heterocycles. The van der Waals surface area contributed by atoms with Gasteiger partial charge in [0, 0.05) is 30.8 Å². The third-order valence-corrected chi connectivity index (χ3v) is 10.8. The Bertz CT molecular complexity index is 1830. The van der Waals surface area contributed by atoms with Crippen LogP contribution in [0.3, 0.4) is 0 Å². The van der Waals surface area contributed by atoms with Gasteiger partial charge in [0.25, 0.3) is 11.8 Å². The standard InChI is InChI=1S/C38H49FN6O8S/c1-21-31(54-20-42-21)23-7-5-22(6-8-23)27(17-30(49)40-13-14-41-33(50)24-9-10-25(19-46)29(48)15-24)43-34(51)28-16-26(47)18-45(28)35(52)32(37(2,3)4)44-36(53)38(39)11-12-38/h5-10,15,20,26-28,32,35,46-48,52H,11-14,16-19H2,1-4H3,(H,40,49)(H,41,50)(H,43,51)(H,44,53)/t26-,27+,28+,32-,35?/m1/s1. The molecule has 4 amide bonds. The van der Waals surface area contributed by atoms with Gasteiger partial charge in [-0.1, -0.05) is 51.1 Å². The smallest absolute Gasteiger partial charge is 0.258 e. The number of hydrogen-bond acceptors (Lipinski definition) is 11. The number of likely N-dealkylation sites (tertiary alicyclic amines) is 1. The third-order valence-electron chi connectivity index (χ3n) is 9.85. The summed E-state index contributed by atoms with van der Waals surface area (Å²) in [4.78, 5) is 59.3. The first-order valence-corrected chi connectivity index (χ1v) is 18.8. The highest BCUT2D eigenvalue weighted by Gasteiger charge is 2.53. The van der Waals surface area contributed by atoms with Gasteiger partial charge < -0.3 is 41.7 Å². The molecule has 8 N–H and O–H groups in total. The summed E-state index contributed by atoms with van der Waals surface area (Å²) in [6.45, 7) is 6.90. The Morgan fingerprint density at radius 2 is 1.74 bits per heavy atom. The van der Waals surface area contributed by atoms with E-state index < -0.39 is 65.2 Å². The predicted molar refractivity (Wildman–Crippen MR) is 199 cm³/mol. The highest BCUT2D eigenvalue weighted by atomic mass is 32.1. The summed E-state index contributed by atoms with van der Waals surface area (Å²) in [7, 11) is 0. The lowest BCUT2D eigenvalue weighted by atomic mass is 9.84. The number of carbonyl (C=O) groups excluding carboxylic acids is 4. The fourth-order valence-corrected chi connectivity index (χ4v) is 7.28. The van der Waals surface area contributed by atoms with Crippen LogP contribution in [0.2, 0.25) is 0 Å². The van der Waals surface area contributed by atoms with Crippen LogP contribution >= 0.6 is 11.3 Å². The summed E-state index contributed by atoms with van der Waals surface area (Å²) in [5.74, 6) is -2.50. The van der Waals surface area contributed by atoms with Crippen molar-refractivity contribution in [3.8, 4) is 16.2 Å². The van der Waals surface area contributed by atoms with Crippen molar-refractivity contribution in [3.63, 3.8) is 0 Å². The fraction of sp³-hybridized carbons (Fsp3) is 0.500. The van der Waals surface area contributed by atoms with Crippen molar-refractivity contribution in [1.82, 2.24) is 31.2 Å². The van der Waals surface area contributed by atoms with E-state index in [0.29, 0.717) is 5.56 Å². The second-order valence-electron chi connectivity index (χ2n) is 15.1. The summed E-state index contributed by atoms with van der Waals surface area (Å²) < 4.78 is 14.6. The molecular formula is C38H49FN6O8S. The van der Waals surface area contributed by atoms with Crippen molar-refractivity contribution in [2.75, 3.05) is 19.6 Å². The molecule has 1 aliphatic heterocycles. The maximum absolute atomic E-state index is 14.6. The van der Waals surface area contributed by atoms with E-state index in [4.69, 9.17) is 0 Å². The Morgan fingerprint density at radius 3 is 2.33 bits per heavy atom. The number of rotatable bonds is 15. The first kappa shape index (κ1) is 40.7. The average Bonchev–Trinajstić information content (AvgIpc) is 3.53. The lowest BCUT2D eigenvalue weighted by Crippen LogP contribution is -2.61. The maximum atomic E-state index is 14.6. The minimum absolute atomic E-state index is 0.0243. The van der Waals surface area contributed by atoms with Crippen LogP contribution in [0.25, 0.3) is 10.4 Å². The van der Waals surface area contributed by atoms with Crippen molar-refractivity contribution in [1.29, 1.82) is 0 Å². The molecule has 1 saturated carbocycles. The number of aromatic hydroxyl groups is 1. The first-order valence-electron chi connectivity index (χ1n) is 17.9. The molecule has 5 rings (SSSR count). The number of nitrogens with zero attached hydrogens (tertiary/aromatic N) is 2. The number of aromatic nitrogens is 1. The van der Waals surface area contributed by atoms with E-state index in [1.54, 1.807) is 38.4 Å². The summed E-state index contributed by atoms with van der Waals surface area (Å²) >= 11 is 1.49. The molecule has 2 aromatic carbocycles. The molecule has 0 radical (unpaired) electrons. The number of carbonyl (C=O) groups is 4. The molecule has 5 atom stereocenters. The molecule has 1 aromatic heterocycles. The van der Waals surface area contributed by atoms with E-state index in [2.05, 4.69) is 26.3 Å². The quantitative estimate of drug-likeness (QED) is 0.106. The van der Waals surface area contributed by atoms with Crippen LogP contribution < -0.4 is 21.3 Å². The van der Waals surface area contributed by atoms with Crippen LogP contribution in [0, 0.1) is 12.3 Å². The van der Waals surface area contributed by atoms with Crippen LogP contribution in [0.4, 0.5) is 4.39 Å². The maximum Gasteiger partial charge on any atom is 0.258 e. The molecule has 1 saturated heterocycles. The van der Waals surface area contributed by atoms with Gasteiger partial charge in [0.1, 0.15) is 12.0 Å². The number of aliphatic hydroxyl groups is 3. The summed E-state index contributed by atoms with van der Waals surface area (Å²) in [5, 5.41) is 52.5. The van der Waals surface area contributed by atoms with Gasteiger partial charge in [0.2, 0.25) is 11.8 Å². The van der Waals surface area contributed by atoms with E-state index in [1.807, 2.05) is 19.1 Å². The molecule has 14 nitrogen and oxygen atoms in total. The Labute approximate surface area is 317 Å². The highest BCUT2D eigenvalue weighted by Crippen LogP contribution is 2.41. The van der Waals surface area contributed by atoms with Crippen LogP contribution in [0.5, 0.6) is 5.75 Å². The van der Waals surface area contributed by atoms with Gasteiger partial charge >= 0.3 is 0 Å². The minimum atomic E-state index is -1.98. The number of benzene rings is 2. The molecular weight excluding hydrogens is 720 g/mol. The van der Waals surface area contributed by atoms with Crippen molar-refractivity contribution in [2.45, 2.75) is 96.1 Å². The number of alkyl halides is 1. The van der Waals surface area contributed by atoms with Gasteiger partial charge in [-0.25, -0.2) is 9.37 Å². The Balaban J connectivity index is 1.28. The predicted octanol–water partition coefficient (Wildman–Crippen LogP) is 2.20. The number of nitrogens with one attached hydrogen (secondary N) is 4. The lowest BCUT2D eigenvalue weighted by Gasteiger charge is -2.41. The van der Waals surface area contributed by atoms with Gasteiger partial charge in [0.15, 0.2) is 5.67 Å². The third kappa shape index (κ3) is 9.78. The van der Waals surface area contributed by atoms with Crippen molar-refractivity contribution < 1.29 is 44.0 Å². The number of aryl methyl sites for hydroxylation is 1. The van der Waals surface area contributed by atoms with Gasteiger partial charge in [-0.3, -0.25) is 24.1 Å². The number of aliphatic hydroxyl groups excluding tert-OH is 3. The molecule has 16 heteroatoms. The van der Waals surface area contributed by atoms with Gasteiger partial charge in [0.05, 0.1) is 53.3 Å². The zero-order valence-electron chi connectivity index (χ0n) is 30.8. The van der Waals surface area contributed by atoms with Crippen LogP contribution in [-0.4, -0.2) is 104 Å². The van der Waals surface area contributed by atoms with Crippen molar-refractivity contribution in [2.24, 2.45) is 5.41 Å². The van der Waals surface area contributed by atoms with E-state index in [0.717, 1.165) is 16.1 Å². The van der Waals surface area contributed by atoms with Crippen LogP contribution in [0.15, 0.2) is 48.0 Å². The number of thiazole rings is 1. The Kier molecular flexibility index (Phi) is 12.7. The van der Waals surface area contributed by atoms with Crippen LogP contribution in [0.1, 0.15) is 79.7 Å². The molecule has 3 aromatic rings. The molecule has 0 spiro atoms. The number of hydrogen-bond donors (Lipinski definition) is 8. The minimum Gasteiger partial charge on any atom is -0.508 e. The highest BCUT2D eigenvalue weighted by molar-refractivity contribution is 7.13. The van der Waals surface area contributed by atoms with Crippen LogP contribution in [-0.2, 0) is 21.0 Å². The normalized spacial score (nSPS) is 19.7. The van der Waals surface area contributed by atoms with Crippen molar-refractivity contribution in [3.05, 3.63) is 70.4 Å². The van der Waals surface area contributed by atoms with E-state index in [9.17, 15) is 44.0 Å². The average molecular weight is 769 g/mol. The summed E-state index contributed by atoms with van der Waals surface area (Å²) in [6, 6.07) is 8.63. The Hall–Kier alpha value is -4.48. The molecule has 1 aliphatic carbocycles. The zero-order chi connectivity index (χ0) is 39.4.